The Hall–Kier alpha value is -3.95. The normalized spacial score (nSPS) is 16.1. The van der Waals surface area contributed by atoms with E-state index in [9.17, 15) is 4.79 Å². The monoisotopic (exact) mass is 462 g/mol. The van der Waals surface area contributed by atoms with Crippen LogP contribution in [0.5, 0.6) is 5.88 Å². The Kier molecular flexibility index (Phi) is 7.36. The molecule has 10 heteroatoms. The number of ether oxygens (including phenoxy) is 1. The molecule has 0 aromatic carbocycles. The second-order valence-electron chi connectivity index (χ2n) is 8.38. The predicted molar refractivity (Wildman–Crippen MR) is 130 cm³/mol. The first-order valence-corrected chi connectivity index (χ1v) is 11.4. The van der Waals surface area contributed by atoms with Crippen molar-refractivity contribution in [3.63, 3.8) is 0 Å². The summed E-state index contributed by atoms with van der Waals surface area (Å²) in [6, 6.07) is 1.65. The van der Waals surface area contributed by atoms with Gasteiger partial charge in [0.05, 0.1) is 5.69 Å². The highest BCUT2D eigenvalue weighted by Crippen LogP contribution is 2.25. The van der Waals surface area contributed by atoms with Crippen molar-refractivity contribution in [3.05, 3.63) is 65.9 Å². The Morgan fingerprint density at radius 2 is 1.94 bits per heavy atom. The molecule has 2 aromatic rings. The molecule has 0 unspecified atom stereocenters. The molecule has 178 valence electrons. The van der Waals surface area contributed by atoms with Crippen LogP contribution in [0.25, 0.3) is 0 Å². The van der Waals surface area contributed by atoms with Gasteiger partial charge in [0.25, 0.3) is 5.88 Å². The molecular formula is C24H30N8O2. The summed E-state index contributed by atoms with van der Waals surface area (Å²) in [5, 5.41) is 3.06. The molecule has 3 heterocycles. The smallest absolute Gasteiger partial charge is 0.321 e. The summed E-state index contributed by atoms with van der Waals surface area (Å²) in [5.41, 5.74) is 8.34. The van der Waals surface area contributed by atoms with Crippen LogP contribution in [0.4, 0.5) is 16.6 Å². The molecule has 2 aromatic heterocycles. The first-order valence-electron chi connectivity index (χ1n) is 11.4. The number of nitrogens with two attached hydrogens (primary N) is 1. The van der Waals surface area contributed by atoms with Gasteiger partial charge in [-0.3, -0.25) is 0 Å². The Balaban J connectivity index is 1.34. The van der Waals surface area contributed by atoms with E-state index in [1.165, 1.54) is 5.57 Å². The van der Waals surface area contributed by atoms with Crippen LogP contribution < -0.4 is 20.7 Å². The zero-order chi connectivity index (χ0) is 23.9. The highest BCUT2D eigenvalue weighted by Gasteiger charge is 2.25. The van der Waals surface area contributed by atoms with E-state index in [4.69, 9.17) is 10.5 Å². The minimum atomic E-state index is -0.0934. The van der Waals surface area contributed by atoms with Gasteiger partial charge in [-0.25, -0.2) is 24.7 Å². The van der Waals surface area contributed by atoms with Crippen molar-refractivity contribution >= 4 is 17.8 Å². The van der Waals surface area contributed by atoms with Crippen molar-refractivity contribution in [2.24, 2.45) is 5.92 Å². The fraction of sp³-hybridized carbons (Fsp3) is 0.375. The van der Waals surface area contributed by atoms with E-state index in [-0.39, 0.29) is 18.6 Å². The molecule has 10 nitrogen and oxygen atoms in total. The van der Waals surface area contributed by atoms with Crippen LogP contribution in [0.15, 0.2) is 60.2 Å². The molecule has 34 heavy (non-hydrogen) atoms. The van der Waals surface area contributed by atoms with Crippen LogP contribution in [0.3, 0.4) is 0 Å². The Morgan fingerprint density at radius 3 is 2.71 bits per heavy atom. The number of hydrogen-bond acceptors (Lipinski definition) is 8. The number of urea groups is 1. The van der Waals surface area contributed by atoms with Gasteiger partial charge in [0.2, 0.25) is 5.95 Å². The lowest BCUT2D eigenvalue weighted by molar-refractivity contribution is 0.197. The molecule has 1 aliphatic heterocycles. The summed E-state index contributed by atoms with van der Waals surface area (Å²) in [6.45, 7) is 6.87. The van der Waals surface area contributed by atoms with Gasteiger partial charge in [-0.15, -0.1) is 0 Å². The van der Waals surface area contributed by atoms with Gasteiger partial charge in [0.1, 0.15) is 6.61 Å². The van der Waals surface area contributed by atoms with E-state index >= 15 is 0 Å². The first kappa shape index (κ1) is 23.2. The number of anilines is 2. The maximum Gasteiger partial charge on any atom is 0.321 e. The molecule has 3 N–H and O–H groups in total. The molecule has 1 fully saturated rings. The highest BCUT2D eigenvalue weighted by molar-refractivity contribution is 5.77. The van der Waals surface area contributed by atoms with Crippen molar-refractivity contribution < 1.29 is 9.53 Å². The number of carbonyl (C=O) groups excluding carboxylic acids is 1. The van der Waals surface area contributed by atoms with Crippen molar-refractivity contribution in [2.45, 2.75) is 26.9 Å². The average molecular weight is 463 g/mol. The summed E-state index contributed by atoms with van der Waals surface area (Å²) in [6.07, 6.45) is 13.9. The minimum absolute atomic E-state index is 0.0934. The molecule has 4 rings (SSSR count). The van der Waals surface area contributed by atoms with Crippen LogP contribution >= 0.6 is 0 Å². The predicted octanol–water partition coefficient (Wildman–Crippen LogP) is 2.69. The molecule has 1 aliphatic carbocycles. The summed E-state index contributed by atoms with van der Waals surface area (Å²) in [5.74, 6) is 1.65. The zero-order valence-corrected chi connectivity index (χ0v) is 19.5. The number of carbonyl (C=O) groups is 1. The summed E-state index contributed by atoms with van der Waals surface area (Å²) >= 11 is 0. The third-order valence-corrected chi connectivity index (χ3v) is 5.63. The molecule has 0 bridgehead atoms. The van der Waals surface area contributed by atoms with Crippen molar-refractivity contribution in [1.29, 1.82) is 0 Å². The number of nitrogens with zero attached hydrogens (tertiary/aromatic N) is 6. The molecule has 1 saturated heterocycles. The van der Waals surface area contributed by atoms with Gasteiger partial charge in [-0.1, -0.05) is 32.1 Å². The van der Waals surface area contributed by atoms with E-state index in [1.807, 2.05) is 11.0 Å². The standard InChI is InChI=1S/C24H30N8O2/c1-17(2)18-5-3-4-6-19(15-18)30-24(33)32-13-11-31(12-14-32)21-22(27-10-9-26-21)34-16-20-7-8-28-23(25)29-20/h3,5-10,15,17H,4,11-14,16H2,1-2H3,(H,30,33)(H2,25,28,29). The second kappa shape index (κ2) is 10.8. The van der Waals surface area contributed by atoms with Crippen LogP contribution in [0, 0.1) is 5.92 Å². The van der Waals surface area contributed by atoms with Gasteiger partial charge in [0, 0.05) is 50.5 Å². The third kappa shape index (κ3) is 5.89. The molecule has 2 amide bonds. The third-order valence-electron chi connectivity index (χ3n) is 5.63. The van der Waals surface area contributed by atoms with E-state index in [1.54, 1.807) is 24.7 Å². The maximum atomic E-state index is 12.9. The Labute approximate surface area is 199 Å². The fourth-order valence-corrected chi connectivity index (χ4v) is 3.73. The number of piperazine rings is 1. The number of allylic oxidation sites excluding steroid dienone is 5. The van der Waals surface area contributed by atoms with Crippen LogP contribution in [0.2, 0.25) is 0 Å². The zero-order valence-electron chi connectivity index (χ0n) is 19.5. The van der Waals surface area contributed by atoms with E-state index < -0.39 is 0 Å². The van der Waals surface area contributed by atoms with Gasteiger partial charge < -0.3 is 25.6 Å². The number of aromatic nitrogens is 4. The highest BCUT2D eigenvalue weighted by atomic mass is 16.5. The van der Waals surface area contributed by atoms with Gasteiger partial charge in [0.15, 0.2) is 5.82 Å². The largest absolute Gasteiger partial charge is 0.469 e. The maximum absolute atomic E-state index is 12.9. The Bertz CT molecular complexity index is 1100. The summed E-state index contributed by atoms with van der Waals surface area (Å²) in [4.78, 5) is 33.6. The van der Waals surface area contributed by atoms with E-state index in [0.717, 1.165) is 12.1 Å². The van der Waals surface area contributed by atoms with Gasteiger partial charge >= 0.3 is 6.03 Å². The van der Waals surface area contributed by atoms with Crippen molar-refractivity contribution in [3.8, 4) is 5.88 Å². The number of hydrogen-bond donors (Lipinski definition) is 2. The van der Waals surface area contributed by atoms with Gasteiger partial charge in [-0.2, -0.15) is 0 Å². The van der Waals surface area contributed by atoms with Crippen LogP contribution in [-0.2, 0) is 6.61 Å². The number of nitrogen functional groups attached to an aromatic ring is 1. The van der Waals surface area contributed by atoms with Crippen molar-refractivity contribution in [1.82, 2.24) is 30.2 Å². The molecule has 0 atom stereocenters. The summed E-state index contributed by atoms with van der Waals surface area (Å²) in [7, 11) is 0. The van der Waals surface area contributed by atoms with Crippen LogP contribution in [-0.4, -0.2) is 57.0 Å². The number of rotatable bonds is 6. The SMILES string of the molecule is CC(C)C1=CC(NC(=O)N2CCN(c3nccnc3OCc3ccnc(N)n3)CC2)=CCC=C1. The van der Waals surface area contributed by atoms with E-state index in [2.05, 4.69) is 62.2 Å². The number of amides is 2. The minimum Gasteiger partial charge on any atom is -0.469 e. The molecule has 0 saturated carbocycles. The van der Waals surface area contributed by atoms with Crippen LogP contribution in [0.1, 0.15) is 26.0 Å². The quantitative estimate of drug-likeness (QED) is 0.672. The Morgan fingerprint density at radius 1 is 1.15 bits per heavy atom. The lowest BCUT2D eigenvalue weighted by atomic mass is 10.0. The van der Waals surface area contributed by atoms with Gasteiger partial charge in [-0.05, 0) is 30.1 Å². The topological polar surface area (TPSA) is 122 Å². The summed E-state index contributed by atoms with van der Waals surface area (Å²) < 4.78 is 5.87. The first-order chi connectivity index (χ1) is 16.5. The fourth-order valence-electron chi connectivity index (χ4n) is 3.73. The molecule has 0 spiro atoms. The molecular weight excluding hydrogens is 432 g/mol. The second-order valence-corrected chi connectivity index (χ2v) is 8.38. The number of nitrogens with one attached hydrogen (secondary N) is 1. The van der Waals surface area contributed by atoms with Crippen molar-refractivity contribution in [2.75, 3.05) is 36.8 Å². The average Bonchev–Trinajstić information content (AvgIpc) is 3.09. The molecule has 0 radical (unpaired) electrons. The van der Waals surface area contributed by atoms with E-state index in [0.29, 0.717) is 49.5 Å². The lowest BCUT2D eigenvalue weighted by Crippen LogP contribution is -2.51. The molecule has 2 aliphatic rings. The lowest BCUT2D eigenvalue weighted by Gasteiger charge is -2.35.